The van der Waals surface area contributed by atoms with Crippen LogP contribution in [0.25, 0.3) is 11.1 Å². The summed E-state index contributed by atoms with van der Waals surface area (Å²) in [6, 6.07) is 20.0. The standard InChI is InChI=1S/C20H17ClFNO/c1-24-20-10-5-14(13-23-18-8-6-17(22)7-9-18)11-19(20)15-3-2-4-16(21)12-15/h2-12,23H,13H2,1H3. The molecule has 0 aliphatic carbocycles. The Morgan fingerprint density at radius 3 is 2.50 bits per heavy atom. The Labute approximate surface area is 145 Å². The summed E-state index contributed by atoms with van der Waals surface area (Å²) in [5.41, 5.74) is 3.95. The van der Waals surface area contributed by atoms with Crippen molar-refractivity contribution < 1.29 is 9.13 Å². The quantitative estimate of drug-likeness (QED) is 0.636. The van der Waals surface area contributed by atoms with Gasteiger partial charge in [-0.1, -0.05) is 29.8 Å². The van der Waals surface area contributed by atoms with Crippen LogP contribution in [0.1, 0.15) is 5.56 Å². The van der Waals surface area contributed by atoms with E-state index >= 15 is 0 Å². The minimum absolute atomic E-state index is 0.242. The molecule has 3 aromatic carbocycles. The normalized spacial score (nSPS) is 10.5. The topological polar surface area (TPSA) is 21.3 Å². The number of benzene rings is 3. The minimum Gasteiger partial charge on any atom is -0.496 e. The van der Waals surface area contributed by atoms with Crippen LogP contribution < -0.4 is 10.1 Å². The van der Waals surface area contributed by atoms with Crippen molar-refractivity contribution in [1.82, 2.24) is 0 Å². The minimum atomic E-state index is -0.242. The van der Waals surface area contributed by atoms with E-state index in [1.807, 2.05) is 36.4 Å². The smallest absolute Gasteiger partial charge is 0.126 e. The summed E-state index contributed by atoms with van der Waals surface area (Å²) in [5, 5.41) is 3.97. The van der Waals surface area contributed by atoms with Crippen LogP contribution in [0.4, 0.5) is 10.1 Å². The summed E-state index contributed by atoms with van der Waals surface area (Å²) < 4.78 is 18.4. The third kappa shape index (κ3) is 3.87. The molecule has 0 aliphatic heterocycles. The second kappa shape index (κ2) is 7.37. The van der Waals surface area contributed by atoms with Gasteiger partial charge in [-0.25, -0.2) is 4.39 Å². The second-order valence-electron chi connectivity index (χ2n) is 5.41. The molecule has 122 valence electrons. The predicted octanol–water partition coefficient (Wildman–Crippen LogP) is 5.77. The fourth-order valence-corrected chi connectivity index (χ4v) is 2.71. The van der Waals surface area contributed by atoms with E-state index in [1.54, 1.807) is 19.2 Å². The molecular formula is C20H17ClFNO. The summed E-state index contributed by atoms with van der Waals surface area (Å²) in [5.74, 6) is 0.552. The predicted molar refractivity (Wildman–Crippen MR) is 97.2 cm³/mol. The Morgan fingerprint density at radius 1 is 1.00 bits per heavy atom. The maximum Gasteiger partial charge on any atom is 0.126 e. The third-order valence-electron chi connectivity index (χ3n) is 3.74. The second-order valence-corrected chi connectivity index (χ2v) is 5.84. The van der Waals surface area contributed by atoms with Gasteiger partial charge in [0.2, 0.25) is 0 Å². The fourth-order valence-electron chi connectivity index (χ4n) is 2.52. The number of nitrogens with one attached hydrogen (secondary N) is 1. The number of anilines is 1. The van der Waals surface area contributed by atoms with E-state index in [1.165, 1.54) is 12.1 Å². The Morgan fingerprint density at radius 2 is 1.79 bits per heavy atom. The van der Waals surface area contributed by atoms with Crippen molar-refractivity contribution in [2.45, 2.75) is 6.54 Å². The molecule has 0 unspecified atom stereocenters. The van der Waals surface area contributed by atoms with Gasteiger partial charge in [0.1, 0.15) is 11.6 Å². The van der Waals surface area contributed by atoms with E-state index < -0.39 is 0 Å². The van der Waals surface area contributed by atoms with Crippen molar-refractivity contribution >= 4 is 17.3 Å². The summed E-state index contributed by atoms with van der Waals surface area (Å²) in [4.78, 5) is 0. The maximum atomic E-state index is 13.0. The molecule has 0 saturated heterocycles. The van der Waals surface area contributed by atoms with E-state index in [0.717, 1.165) is 28.1 Å². The monoisotopic (exact) mass is 341 g/mol. The first-order valence-electron chi connectivity index (χ1n) is 7.58. The van der Waals surface area contributed by atoms with Crippen LogP contribution in [0.2, 0.25) is 5.02 Å². The molecule has 0 atom stereocenters. The van der Waals surface area contributed by atoms with E-state index in [0.29, 0.717) is 11.6 Å². The van der Waals surface area contributed by atoms with Gasteiger partial charge in [-0.05, 0) is 59.7 Å². The van der Waals surface area contributed by atoms with Gasteiger partial charge in [0.05, 0.1) is 7.11 Å². The Hall–Kier alpha value is -2.52. The van der Waals surface area contributed by atoms with Crippen LogP contribution in [-0.2, 0) is 6.54 Å². The van der Waals surface area contributed by atoms with Crippen molar-refractivity contribution in [3.63, 3.8) is 0 Å². The molecule has 0 amide bonds. The zero-order chi connectivity index (χ0) is 16.9. The molecule has 2 nitrogen and oxygen atoms in total. The molecule has 24 heavy (non-hydrogen) atoms. The van der Waals surface area contributed by atoms with Crippen molar-refractivity contribution in [1.29, 1.82) is 0 Å². The van der Waals surface area contributed by atoms with Gasteiger partial charge >= 0.3 is 0 Å². The van der Waals surface area contributed by atoms with E-state index in [4.69, 9.17) is 16.3 Å². The molecule has 3 aromatic rings. The van der Waals surface area contributed by atoms with Gasteiger partial charge in [0, 0.05) is 22.8 Å². The summed E-state index contributed by atoms with van der Waals surface area (Å²) in [7, 11) is 1.65. The zero-order valence-electron chi connectivity index (χ0n) is 13.2. The lowest BCUT2D eigenvalue weighted by Gasteiger charge is -2.12. The Balaban J connectivity index is 1.84. The van der Waals surface area contributed by atoms with Gasteiger partial charge in [-0.2, -0.15) is 0 Å². The molecule has 3 rings (SSSR count). The molecule has 0 saturated carbocycles. The summed E-state index contributed by atoms with van der Waals surface area (Å²) in [6.45, 7) is 0.628. The lowest BCUT2D eigenvalue weighted by Crippen LogP contribution is -2.00. The van der Waals surface area contributed by atoms with Gasteiger partial charge < -0.3 is 10.1 Å². The molecule has 1 N–H and O–H groups in total. The van der Waals surface area contributed by atoms with E-state index in [-0.39, 0.29) is 5.82 Å². The molecule has 4 heteroatoms. The van der Waals surface area contributed by atoms with E-state index in [2.05, 4.69) is 11.4 Å². The lowest BCUT2D eigenvalue weighted by molar-refractivity contribution is 0.416. The molecule has 0 aromatic heterocycles. The number of hydrogen-bond acceptors (Lipinski definition) is 2. The molecule has 0 fully saturated rings. The van der Waals surface area contributed by atoms with Crippen LogP contribution in [-0.4, -0.2) is 7.11 Å². The van der Waals surface area contributed by atoms with Crippen LogP contribution in [0.5, 0.6) is 5.75 Å². The molecule has 0 spiro atoms. The number of methoxy groups -OCH3 is 1. The van der Waals surface area contributed by atoms with Crippen LogP contribution >= 0.6 is 11.6 Å². The highest BCUT2D eigenvalue weighted by molar-refractivity contribution is 6.30. The number of hydrogen-bond donors (Lipinski definition) is 1. The van der Waals surface area contributed by atoms with Crippen LogP contribution in [0, 0.1) is 5.82 Å². The van der Waals surface area contributed by atoms with E-state index in [9.17, 15) is 4.39 Å². The molecule has 0 heterocycles. The molecular weight excluding hydrogens is 325 g/mol. The zero-order valence-corrected chi connectivity index (χ0v) is 14.0. The highest BCUT2D eigenvalue weighted by Crippen LogP contribution is 2.32. The maximum absolute atomic E-state index is 13.0. The SMILES string of the molecule is COc1ccc(CNc2ccc(F)cc2)cc1-c1cccc(Cl)c1. The first-order chi connectivity index (χ1) is 11.7. The average molecular weight is 342 g/mol. The number of rotatable bonds is 5. The van der Waals surface area contributed by atoms with Crippen molar-refractivity contribution in [3.8, 4) is 16.9 Å². The highest BCUT2D eigenvalue weighted by atomic mass is 35.5. The molecule has 0 radical (unpaired) electrons. The van der Waals surface area contributed by atoms with Crippen LogP contribution in [0.3, 0.4) is 0 Å². The highest BCUT2D eigenvalue weighted by Gasteiger charge is 2.08. The Kier molecular flexibility index (Phi) is 5.02. The van der Waals surface area contributed by atoms with Gasteiger partial charge in [-0.15, -0.1) is 0 Å². The third-order valence-corrected chi connectivity index (χ3v) is 3.98. The molecule has 0 aliphatic rings. The first kappa shape index (κ1) is 16.3. The van der Waals surface area contributed by atoms with Gasteiger partial charge in [0.15, 0.2) is 0 Å². The van der Waals surface area contributed by atoms with Crippen molar-refractivity contribution in [2.75, 3.05) is 12.4 Å². The van der Waals surface area contributed by atoms with Crippen molar-refractivity contribution in [2.24, 2.45) is 0 Å². The van der Waals surface area contributed by atoms with Gasteiger partial charge in [0.25, 0.3) is 0 Å². The van der Waals surface area contributed by atoms with Gasteiger partial charge in [-0.3, -0.25) is 0 Å². The first-order valence-corrected chi connectivity index (χ1v) is 7.96. The summed E-state index contributed by atoms with van der Waals surface area (Å²) in [6.07, 6.45) is 0. The number of halogens is 2. The number of ether oxygens (including phenoxy) is 1. The van der Waals surface area contributed by atoms with Crippen LogP contribution in [0.15, 0.2) is 66.7 Å². The largest absolute Gasteiger partial charge is 0.496 e. The lowest BCUT2D eigenvalue weighted by atomic mass is 10.0. The average Bonchev–Trinajstić information content (AvgIpc) is 2.61. The fraction of sp³-hybridized carbons (Fsp3) is 0.100. The Bertz CT molecular complexity index is 833. The molecule has 0 bridgehead atoms. The summed E-state index contributed by atoms with van der Waals surface area (Å²) >= 11 is 6.10. The van der Waals surface area contributed by atoms with Crippen molar-refractivity contribution in [3.05, 3.63) is 83.1 Å².